The molecule has 0 saturated heterocycles. The molecule has 1 aromatic heterocycles. The monoisotopic (exact) mass is 284 g/mol. The van der Waals surface area contributed by atoms with Crippen LogP contribution in [0.15, 0.2) is 41.0 Å². The van der Waals surface area contributed by atoms with Gasteiger partial charge in [-0.25, -0.2) is 0 Å². The second-order valence-corrected chi connectivity index (χ2v) is 13.6. The first-order valence-electron chi connectivity index (χ1n) is 4.62. The molecule has 2 aromatic rings. The predicted octanol–water partition coefficient (Wildman–Crippen LogP) is 3.54. The normalized spacial score (nSPS) is 9.85. The summed E-state index contributed by atoms with van der Waals surface area (Å²) in [4.78, 5) is 7.13. The topological polar surface area (TPSA) is 13.1 Å². The standard InChI is InChI=1S/C8H6O.3CH3.Sn.H/c1-2-4-8-7(3-1)5-6-9-8;;;;;/h1-6H;3*1H3;;. The molecule has 0 aliphatic rings. The second-order valence-electron chi connectivity index (χ2n) is 3.69. The molecule has 0 aliphatic carbocycles. The quantitative estimate of drug-likeness (QED) is 0.674. The zero-order chi connectivity index (χ0) is 9.68. The Balaban J connectivity index is 0.000000184. The van der Waals surface area contributed by atoms with Crippen molar-refractivity contribution in [1.29, 1.82) is 0 Å². The van der Waals surface area contributed by atoms with E-state index >= 15 is 0 Å². The summed E-state index contributed by atoms with van der Waals surface area (Å²) in [6.45, 7) is 0. The fourth-order valence-corrected chi connectivity index (χ4v) is 0.906. The van der Waals surface area contributed by atoms with Crippen molar-refractivity contribution in [3.63, 3.8) is 0 Å². The molecule has 1 aromatic carbocycles. The summed E-state index contributed by atoms with van der Waals surface area (Å²) in [5.74, 6) is 0. The van der Waals surface area contributed by atoms with E-state index in [0.29, 0.717) is 0 Å². The number of rotatable bonds is 0. The van der Waals surface area contributed by atoms with Gasteiger partial charge in [0.15, 0.2) is 0 Å². The van der Waals surface area contributed by atoms with Crippen LogP contribution in [0, 0.1) is 0 Å². The van der Waals surface area contributed by atoms with Crippen LogP contribution >= 0.6 is 0 Å². The van der Waals surface area contributed by atoms with Gasteiger partial charge in [-0.1, -0.05) is 18.2 Å². The molecule has 0 spiro atoms. The van der Waals surface area contributed by atoms with Crippen LogP contribution in [0.4, 0.5) is 0 Å². The maximum absolute atomic E-state index is 5.12. The van der Waals surface area contributed by atoms with Crippen molar-refractivity contribution in [1.82, 2.24) is 0 Å². The number of fused-ring (bicyclic) bond motifs is 1. The van der Waals surface area contributed by atoms with Crippen LogP contribution in [0.3, 0.4) is 0 Å². The van der Waals surface area contributed by atoms with E-state index in [1.165, 1.54) is 0 Å². The molecule has 1 heterocycles. The Morgan fingerprint density at radius 2 is 1.62 bits per heavy atom. The number of hydrogen-bond acceptors (Lipinski definition) is 1. The van der Waals surface area contributed by atoms with E-state index in [-0.39, 0.29) is 0 Å². The first-order chi connectivity index (χ1) is 6.20. The fourth-order valence-electron chi connectivity index (χ4n) is 0.906. The minimum atomic E-state index is -0.637. The third-order valence-electron chi connectivity index (χ3n) is 1.36. The van der Waals surface area contributed by atoms with E-state index in [4.69, 9.17) is 4.42 Å². The molecule has 0 N–H and O–H groups in total. The summed E-state index contributed by atoms with van der Waals surface area (Å²) in [6.07, 6.45) is 1.70. The summed E-state index contributed by atoms with van der Waals surface area (Å²) in [7, 11) is 0. The summed E-state index contributed by atoms with van der Waals surface area (Å²) in [5.41, 5.74) is 0.956. The minimum Gasteiger partial charge on any atom is -0.464 e. The van der Waals surface area contributed by atoms with Gasteiger partial charge in [-0.3, -0.25) is 0 Å². The number of hydrogen-bond donors (Lipinski definition) is 0. The molecule has 1 nitrogen and oxygen atoms in total. The summed E-state index contributed by atoms with van der Waals surface area (Å²) in [6, 6.07) is 9.90. The van der Waals surface area contributed by atoms with Crippen molar-refractivity contribution in [2.45, 2.75) is 14.8 Å². The molecule has 2 heteroatoms. The molecule has 70 valence electrons. The van der Waals surface area contributed by atoms with Gasteiger partial charge in [-0.05, 0) is 12.1 Å². The van der Waals surface area contributed by atoms with Gasteiger partial charge in [0.25, 0.3) is 0 Å². The SMILES string of the molecule is [CH3][SnH]([CH3])[CH3].c1ccc2occc2c1. The van der Waals surface area contributed by atoms with E-state index < -0.39 is 19.8 Å². The third kappa shape index (κ3) is 3.85. The molecule has 0 fully saturated rings. The summed E-state index contributed by atoms with van der Waals surface area (Å²) in [5, 5.41) is 1.16. The first kappa shape index (κ1) is 10.6. The van der Waals surface area contributed by atoms with Gasteiger partial charge < -0.3 is 4.42 Å². The van der Waals surface area contributed by atoms with Crippen molar-refractivity contribution < 1.29 is 4.42 Å². The van der Waals surface area contributed by atoms with Gasteiger partial charge >= 0.3 is 34.6 Å². The molecular weight excluding hydrogens is 267 g/mol. The Bertz CT molecular complexity index is 319. The Morgan fingerprint density at radius 1 is 1.00 bits per heavy atom. The third-order valence-corrected chi connectivity index (χ3v) is 1.36. The smallest absolute Gasteiger partial charge is 0.133 e. The van der Waals surface area contributed by atoms with E-state index in [2.05, 4.69) is 14.8 Å². The van der Waals surface area contributed by atoms with Gasteiger partial charge in [0.2, 0.25) is 0 Å². The van der Waals surface area contributed by atoms with E-state index in [9.17, 15) is 0 Å². The van der Waals surface area contributed by atoms with Gasteiger partial charge in [0.05, 0.1) is 6.26 Å². The van der Waals surface area contributed by atoms with Crippen LogP contribution in [0.5, 0.6) is 0 Å². The maximum Gasteiger partial charge on any atom is 0.133 e. The van der Waals surface area contributed by atoms with Crippen molar-refractivity contribution in [3.05, 3.63) is 36.6 Å². The zero-order valence-corrected chi connectivity index (χ0v) is 11.7. The van der Waals surface area contributed by atoms with Crippen LogP contribution in [0.1, 0.15) is 0 Å². The Kier molecular flexibility index (Phi) is 4.36. The number of furan rings is 1. The Hall–Kier alpha value is -0.441. The number of benzene rings is 1. The average molecular weight is 283 g/mol. The summed E-state index contributed by atoms with van der Waals surface area (Å²) >= 11 is -0.637. The Labute approximate surface area is 86.5 Å². The molecule has 0 aliphatic heterocycles. The molecule has 0 unspecified atom stereocenters. The van der Waals surface area contributed by atoms with Gasteiger partial charge in [-0.15, -0.1) is 0 Å². The van der Waals surface area contributed by atoms with Crippen LogP contribution < -0.4 is 0 Å². The van der Waals surface area contributed by atoms with Crippen LogP contribution in [0.2, 0.25) is 14.8 Å². The minimum absolute atomic E-state index is 0.637. The number of para-hydroxylation sites is 1. The fraction of sp³-hybridized carbons (Fsp3) is 0.273. The van der Waals surface area contributed by atoms with Gasteiger partial charge in [0, 0.05) is 5.39 Å². The molecule has 2 rings (SSSR count). The van der Waals surface area contributed by atoms with Gasteiger partial charge in [-0.2, -0.15) is 0 Å². The first-order valence-corrected chi connectivity index (χ1v) is 14.5. The van der Waals surface area contributed by atoms with Crippen LogP contribution in [-0.4, -0.2) is 19.8 Å². The van der Waals surface area contributed by atoms with Crippen molar-refractivity contribution >= 4 is 30.7 Å². The van der Waals surface area contributed by atoms with Gasteiger partial charge in [0.1, 0.15) is 5.58 Å². The second kappa shape index (κ2) is 5.32. The molecule has 0 saturated carbocycles. The van der Waals surface area contributed by atoms with E-state index in [1.54, 1.807) is 6.26 Å². The molecule has 0 atom stereocenters. The summed E-state index contributed by atoms with van der Waals surface area (Å²) < 4.78 is 5.12. The predicted molar refractivity (Wildman–Crippen MR) is 61.0 cm³/mol. The average Bonchev–Trinajstić information content (AvgIpc) is 2.49. The molecule has 0 amide bonds. The van der Waals surface area contributed by atoms with E-state index in [0.717, 1.165) is 11.0 Å². The Morgan fingerprint density at radius 3 is 2.23 bits per heavy atom. The zero-order valence-electron chi connectivity index (χ0n) is 8.45. The molecule has 0 radical (unpaired) electrons. The van der Waals surface area contributed by atoms with Crippen molar-refractivity contribution in [3.8, 4) is 0 Å². The largest absolute Gasteiger partial charge is 0.464 e. The van der Waals surface area contributed by atoms with Crippen molar-refractivity contribution in [2.75, 3.05) is 0 Å². The molecule has 0 bridgehead atoms. The van der Waals surface area contributed by atoms with Crippen molar-refractivity contribution in [2.24, 2.45) is 0 Å². The molecule has 13 heavy (non-hydrogen) atoms. The van der Waals surface area contributed by atoms with E-state index in [1.807, 2.05) is 30.3 Å². The molecular formula is C11H16OSn. The maximum atomic E-state index is 5.12. The van der Waals surface area contributed by atoms with Crippen LogP contribution in [0.25, 0.3) is 11.0 Å². The van der Waals surface area contributed by atoms with Crippen LogP contribution in [-0.2, 0) is 0 Å².